The largest absolute Gasteiger partial charge is 0.342 e. The summed E-state index contributed by atoms with van der Waals surface area (Å²) in [6.45, 7) is 3.36. The first-order valence-corrected chi connectivity index (χ1v) is 8.84. The third-order valence-corrected chi connectivity index (χ3v) is 5.05. The summed E-state index contributed by atoms with van der Waals surface area (Å²) in [6, 6.07) is 10.8. The number of halogens is 1. The van der Waals surface area contributed by atoms with Crippen LogP contribution in [0, 0.1) is 6.92 Å². The highest BCUT2D eigenvalue weighted by atomic mass is 35.5. The van der Waals surface area contributed by atoms with E-state index in [2.05, 4.69) is 5.43 Å². The molecule has 2 aromatic rings. The van der Waals surface area contributed by atoms with Gasteiger partial charge in [0.15, 0.2) is 0 Å². The summed E-state index contributed by atoms with van der Waals surface area (Å²) >= 11 is 6.01. The summed E-state index contributed by atoms with van der Waals surface area (Å²) in [4.78, 5) is 12.1. The van der Waals surface area contributed by atoms with Crippen LogP contribution < -0.4 is 11.3 Å². The first-order valence-electron chi connectivity index (χ1n) is 7.05. The Morgan fingerprint density at radius 1 is 1.21 bits per heavy atom. The molecule has 1 atom stereocenters. The first-order chi connectivity index (χ1) is 11.2. The Bertz CT molecular complexity index is 851. The minimum Gasteiger partial charge on any atom is -0.342 e. The Morgan fingerprint density at radius 3 is 2.38 bits per heavy atom. The van der Waals surface area contributed by atoms with E-state index in [1.165, 1.54) is 25.1 Å². The number of benzene rings is 2. The van der Waals surface area contributed by atoms with Crippen LogP contribution in [-0.2, 0) is 19.1 Å². The molecule has 0 aromatic heterocycles. The summed E-state index contributed by atoms with van der Waals surface area (Å²) < 4.78 is 29.0. The van der Waals surface area contributed by atoms with Crippen molar-refractivity contribution in [3.8, 4) is 0 Å². The predicted molar refractivity (Wildman–Crippen MR) is 92.1 cm³/mol. The predicted octanol–water partition coefficient (Wildman–Crippen LogP) is 2.97. The second-order valence-electron chi connectivity index (χ2n) is 5.27. The number of anilines is 1. The Balaban J connectivity index is 2.19. The van der Waals surface area contributed by atoms with Crippen LogP contribution in [0.3, 0.4) is 0 Å². The van der Waals surface area contributed by atoms with Crippen LogP contribution in [0.1, 0.15) is 24.0 Å². The highest BCUT2D eigenvalue weighted by Crippen LogP contribution is 2.27. The summed E-state index contributed by atoms with van der Waals surface area (Å²) in [7, 11) is -4.17. The zero-order valence-corrected chi connectivity index (χ0v) is 14.7. The summed E-state index contributed by atoms with van der Waals surface area (Å²) in [6.07, 6.45) is 0. The highest BCUT2D eigenvalue weighted by Gasteiger charge is 2.25. The van der Waals surface area contributed by atoms with Gasteiger partial charge in [0.1, 0.15) is 4.90 Å². The van der Waals surface area contributed by atoms with Gasteiger partial charge in [0.25, 0.3) is 0 Å². The number of hydrogen-bond donors (Lipinski definition) is 2. The van der Waals surface area contributed by atoms with Gasteiger partial charge in [0.2, 0.25) is 0 Å². The molecule has 0 saturated carbocycles. The number of nitrogen functional groups attached to an aromatic ring is 1. The van der Waals surface area contributed by atoms with Crippen molar-refractivity contribution in [1.82, 2.24) is 0 Å². The van der Waals surface area contributed by atoms with E-state index in [9.17, 15) is 13.2 Å². The van der Waals surface area contributed by atoms with Gasteiger partial charge in [0.05, 0.1) is 16.6 Å². The van der Waals surface area contributed by atoms with Crippen LogP contribution in [0.5, 0.6) is 0 Å². The zero-order valence-electron chi connectivity index (χ0n) is 13.1. The standard InChI is InChI=1S/C16H17ClN2O4S/c1-10-3-6-13(7-4-10)24(21,22)23-16(20)11(2)12-5-8-15(19-18)14(17)9-12/h3-9,11,19H,18H2,1-2H3. The van der Waals surface area contributed by atoms with Crippen molar-refractivity contribution in [2.24, 2.45) is 5.84 Å². The second kappa shape index (κ2) is 7.21. The van der Waals surface area contributed by atoms with Crippen molar-refractivity contribution in [3.63, 3.8) is 0 Å². The molecule has 0 radical (unpaired) electrons. The molecule has 128 valence electrons. The van der Waals surface area contributed by atoms with Crippen LogP contribution in [-0.4, -0.2) is 14.4 Å². The van der Waals surface area contributed by atoms with Crippen LogP contribution in [0.25, 0.3) is 0 Å². The van der Waals surface area contributed by atoms with Gasteiger partial charge in [-0.2, -0.15) is 8.42 Å². The van der Waals surface area contributed by atoms with Crippen LogP contribution in [0.15, 0.2) is 47.4 Å². The lowest BCUT2D eigenvalue weighted by Gasteiger charge is -2.13. The highest BCUT2D eigenvalue weighted by molar-refractivity contribution is 7.87. The number of carbonyl (C=O) groups is 1. The van der Waals surface area contributed by atoms with E-state index in [0.29, 0.717) is 16.3 Å². The van der Waals surface area contributed by atoms with Crippen molar-refractivity contribution in [3.05, 3.63) is 58.6 Å². The number of nitrogens with two attached hydrogens (primary N) is 1. The fourth-order valence-electron chi connectivity index (χ4n) is 1.99. The molecule has 0 aliphatic carbocycles. The topological polar surface area (TPSA) is 98.5 Å². The van der Waals surface area contributed by atoms with Crippen molar-refractivity contribution >= 4 is 33.4 Å². The molecule has 0 fully saturated rings. The van der Waals surface area contributed by atoms with Crippen molar-refractivity contribution < 1.29 is 17.4 Å². The van der Waals surface area contributed by atoms with Gasteiger partial charge in [-0.3, -0.25) is 10.6 Å². The molecule has 0 bridgehead atoms. The van der Waals surface area contributed by atoms with Gasteiger partial charge in [-0.1, -0.05) is 35.4 Å². The van der Waals surface area contributed by atoms with Gasteiger partial charge in [0, 0.05) is 0 Å². The monoisotopic (exact) mass is 368 g/mol. The number of rotatable bonds is 5. The van der Waals surface area contributed by atoms with E-state index in [4.69, 9.17) is 21.6 Å². The lowest BCUT2D eigenvalue weighted by Crippen LogP contribution is -2.18. The summed E-state index contributed by atoms with van der Waals surface area (Å²) in [5, 5.41) is 0.316. The molecule has 1 unspecified atom stereocenters. The maximum Gasteiger partial charge on any atom is 0.341 e. The molecule has 2 aromatic carbocycles. The van der Waals surface area contributed by atoms with Crippen molar-refractivity contribution in [2.75, 3.05) is 5.43 Å². The lowest BCUT2D eigenvalue weighted by molar-refractivity contribution is -0.135. The molecule has 0 heterocycles. The number of hydrogen-bond acceptors (Lipinski definition) is 6. The zero-order chi connectivity index (χ0) is 17.9. The van der Waals surface area contributed by atoms with Crippen LogP contribution in [0.4, 0.5) is 5.69 Å². The second-order valence-corrected chi connectivity index (χ2v) is 7.23. The molecule has 0 saturated heterocycles. The molecular formula is C16H17ClN2O4S. The van der Waals surface area contributed by atoms with Gasteiger partial charge < -0.3 is 9.61 Å². The number of hydrazine groups is 1. The average molecular weight is 369 g/mol. The number of carbonyl (C=O) groups excluding carboxylic acids is 1. The average Bonchev–Trinajstić information content (AvgIpc) is 2.54. The number of aryl methyl sites for hydroxylation is 1. The summed E-state index contributed by atoms with van der Waals surface area (Å²) in [5.74, 6) is 3.59. The SMILES string of the molecule is Cc1ccc(S(=O)(=O)OC(=O)C(C)c2ccc(NN)c(Cl)c2)cc1. The van der Waals surface area contributed by atoms with Crippen molar-refractivity contribution in [2.45, 2.75) is 24.7 Å². The Kier molecular flexibility index (Phi) is 5.48. The van der Waals surface area contributed by atoms with E-state index < -0.39 is 22.0 Å². The third-order valence-electron chi connectivity index (χ3n) is 3.50. The molecular weight excluding hydrogens is 352 g/mol. The van der Waals surface area contributed by atoms with E-state index in [0.717, 1.165) is 5.56 Å². The molecule has 8 heteroatoms. The van der Waals surface area contributed by atoms with Crippen LogP contribution >= 0.6 is 11.6 Å². The third kappa shape index (κ3) is 4.05. The smallest absolute Gasteiger partial charge is 0.341 e. The maximum absolute atomic E-state index is 12.2. The fourth-order valence-corrected chi connectivity index (χ4v) is 3.16. The van der Waals surface area contributed by atoms with Gasteiger partial charge in [-0.15, -0.1) is 0 Å². The molecule has 6 nitrogen and oxygen atoms in total. The Labute approximate surface area is 145 Å². The van der Waals surface area contributed by atoms with Gasteiger partial charge >= 0.3 is 16.1 Å². The lowest BCUT2D eigenvalue weighted by atomic mass is 10.0. The molecule has 0 aliphatic heterocycles. The van der Waals surface area contributed by atoms with E-state index in [1.807, 2.05) is 6.92 Å². The molecule has 0 spiro atoms. The quantitative estimate of drug-likeness (QED) is 0.478. The van der Waals surface area contributed by atoms with Gasteiger partial charge in [-0.05, 0) is 43.7 Å². The van der Waals surface area contributed by atoms with E-state index in [-0.39, 0.29) is 4.90 Å². The summed E-state index contributed by atoms with van der Waals surface area (Å²) in [5.41, 5.74) is 4.32. The van der Waals surface area contributed by atoms with Crippen molar-refractivity contribution in [1.29, 1.82) is 0 Å². The number of nitrogens with one attached hydrogen (secondary N) is 1. The van der Waals surface area contributed by atoms with Gasteiger partial charge in [-0.25, -0.2) is 0 Å². The normalized spacial score (nSPS) is 12.5. The Hall–Kier alpha value is -2.09. The minimum absolute atomic E-state index is 0.0747. The molecule has 3 N–H and O–H groups in total. The fraction of sp³-hybridized carbons (Fsp3) is 0.188. The van der Waals surface area contributed by atoms with E-state index >= 15 is 0 Å². The molecule has 2 rings (SSSR count). The molecule has 24 heavy (non-hydrogen) atoms. The van der Waals surface area contributed by atoms with Crippen LogP contribution in [0.2, 0.25) is 5.02 Å². The minimum atomic E-state index is -4.17. The van der Waals surface area contributed by atoms with E-state index in [1.54, 1.807) is 24.3 Å². The molecule has 0 aliphatic rings. The first kappa shape index (κ1) is 18.3. The Morgan fingerprint density at radius 2 is 1.83 bits per heavy atom. The maximum atomic E-state index is 12.2. The molecule has 0 amide bonds.